The van der Waals surface area contributed by atoms with Gasteiger partial charge in [-0.05, 0) is 26.7 Å². The molecule has 0 radical (unpaired) electrons. The summed E-state index contributed by atoms with van der Waals surface area (Å²) in [7, 11) is 1.34. The number of likely N-dealkylation sites (tertiary alicyclic amines) is 1. The van der Waals surface area contributed by atoms with Gasteiger partial charge in [-0.2, -0.15) is 0 Å². The molecule has 4 unspecified atom stereocenters. The van der Waals surface area contributed by atoms with Crippen LogP contribution in [-0.2, 0) is 14.3 Å². The average Bonchev–Trinajstić information content (AvgIpc) is 3.11. The third-order valence-corrected chi connectivity index (χ3v) is 4.46. The molecule has 7 heteroatoms. The number of carbonyl (C=O) groups is 2. The maximum Gasteiger partial charge on any atom is 0.335 e. The number of fused-ring (bicyclic) bond motifs is 1. The molecule has 1 amide bonds. The Morgan fingerprint density at radius 3 is 2.82 bits per heavy atom. The first-order valence-electron chi connectivity index (χ1n) is 7.50. The first-order chi connectivity index (χ1) is 10.5. The van der Waals surface area contributed by atoms with Crippen LogP contribution >= 0.6 is 0 Å². The van der Waals surface area contributed by atoms with Crippen LogP contribution in [0.5, 0.6) is 0 Å². The van der Waals surface area contributed by atoms with E-state index in [1.807, 2.05) is 6.92 Å². The zero-order valence-corrected chi connectivity index (χ0v) is 12.9. The van der Waals surface area contributed by atoms with Gasteiger partial charge in [-0.3, -0.25) is 4.79 Å². The first-order valence-corrected chi connectivity index (χ1v) is 7.50. The number of aryl methyl sites for hydroxylation is 1. The maximum atomic E-state index is 12.7. The van der Waals surface area contributed by atoms with Crippen molar-refractivity contribution in [2.24, 2.45) is 0 Å². The van der Waals surface area contributed by atoms with Crippen molar-refractivity contribution in [1.82, 2.24) is 10.1 Å². The van der Waals surface area contributed by atoms with E-state index in [1.54, 1.807) is 17.9 Å². The molecule has 22 heavy (non-hydrogen) atoms. The van der Waals surface area contributed by atoms with E-state index in [4.69, 9.17) is 14.0 Å². The predicted molar refractivity (Wildman–Crippen MR) is 75.2 cm³/mol. The minimum absolute atomic E-state index is 0.0687. The summed E-state index contributed by atoms with van der Waals surface area (Å²) in [5.41, 5.74) is 0.666. The second kappa shape index (κ2) is 5.72. The van der Waals surface area contributed by atoms with E-state index < -0.39 is 6.10 Å². The SMILES string of the molecule is COC(=O)C1CC2C(CCC(C)N2C(=O)c2cc(C)no2)O1. The van der Waals surface area contributed by atoms with Crippen molar-refractivity contribution in [3.63, 3.8) is 0 Å². The topological polar surface area (TPSA) is 81.9 Å². The molecule has 0 aromatic carbocycles. The summed E-state index contributed by atoms with van der Waals surface area (Å²) in [5, 5.41) is 3.77. The molecule has 4 atom stereocenters. The summed E-state index contributed by atoms with van der Waals surface area (Å²) < 4.78 is 15.6. The highest BCUT2D eigenvalue weighted by molar-refractivity contribution is 5.92. The Morgan fingerprint density at radius 2 is 2.18 bits per heavy atom. The number of hydrogen-bond acceptors (Lipinski definition) is 6. The summed E-state index contributed by atoms with van der Waals surface area (Å²) in [6.07, 6.45) is 1.39. The number of nitrogens with zero attached hydrogens (tertiary/aromatic N) is 2. The fourth-order valence-electron chi connectivity index (χ4n) is 3.38. The van der Waals surface area contributed by atoms with Gasteiger partial charge in [-0.25, -0.2) is 4.79 Å². The Labute approximate surface area is 128 Å². The van der Waals surface area contributed by atoms with E-state index in [1.165, 1.54) is 7.11 Å². The number of esters is 1. The smallest absolute Gasteiger partial charge is 0.335 e. The molecule has 0 N–H and O–H groups in total. The zero-order valence-electron chi connectivity index (χ0n) is 12.9. The molecule has 2 fully saturated rings. The van der Waals surface area contributed by atoms with Crippen molar-refractivity contribution in [3.8, 4) is 0 Å². The van der Waals surface area contributed by atoms with Gasteiger partial charge in [-0.15, -0.1) is 0 Å². The molecule has 120 valence electrons. The quantitative estimate of drug-likeness (QED) is 0.766. The molecule has 2 saturated heterocycles. The lowest BCUT2D eigenvalue weighted by molar-refractivity contribution is -0.153. The average molecular weight is 308 g/mol. The first kappa shape index (κ1) is 15.0. The third-order valence-electron chi connectivity index (χ3n) is 4.46. The molecular formula is C15H20N2O5. The Balaban J connectivity index is 1.82. The molecule has 1 aromatic heterocycles. The van der Waals surface area contributed by atoms with Gasteiger partial charge >= 0.3 is 5.97 Å². The van der Waals surface area contributed by atoms with Crippen LogP contribution in [0.4, 0.5) is 0 Å². The van der Waals surface area contributed by atoms with Crippen LogP contribution in [0.25, 0.3) is 0 Å². The number of hydrogen-bond donors (Lipinski definition) is 0. The van der Waals surface area contributed by atoms with E-state index in [2.05, 4.69) is 5.16 Å². The lowest BCUT2D eigenvalue weighted by Crippen LogP contribution is -2.53. The van der Waals surface area contributed by atoms with E-state index in [0.717, 1.165) is 12.8 Å². The van der Waals surface area contributed by atoms with Crippen molar-refractivity contribution in [3.05, 3.63) is 17.5 Å². The Kier molecular flexibility index (Phi) is 3.90. The van der Waals surface area contributed by atoms with E-state index in [9.17, 15) is 9.59 Å². The highest BCUT2D eigenvalue weighted by Gasteiger charge is 2.48. The van der Waals surface area contributed by atoms with Crippen molar-refractivity contribution in [2.45, 2.75) is 57.4 Å². The van der Waals surface area contributed by atoms with Gasteiger partial charge in [0.15, 0.2) is 6.10 Å². The predicted octanol–water partition coefficient (Wildman–Crippen LogP) is 1.31. The molecule has 3 heterocycles. The Bertz CT molecular complexity index is 584. The van der Waals surface area contributed by atoms with Gasteiger partial charge in [0, 0.05) is 18.5 Å². The van der Waals surface area contributed by atoms with E-state index >= 15 is 0 Å². The van der Waals surface area contributed by atoms with Gasteiger partial charge in [0.2, 0.25) is 5.76 Å². The standard InChI is InChI=1S/C15H20N2O5/c1-8-6-12(22-16-8)14(18)17-9(2)4-5-11-10(17)7-13(21-11)15(19)20-3/h6,9-11,13H,4-5,7H2,1-3H3. The monoisotopic (exact) mass is 308 g/mol. The van der Waals surface area contributed by atoms with Crippen molar-refractivity contribution in [2.75, 3.05) is 7.11 Å². The minimum atomic E-state index is -0.600. The highest BCUT2D eigenvalue weighted by Crippen LogP contribution is 2.36. The molecule has 0 spiro atoms. The lowest BCUT2D eigenvalue weighted by atomic mass is 9.92. The molecule has 7 nitrogen and oxygen atoms in total. The van der Waals surface area contributed by atoms with Crippen LogP contribution in [0.15, 0.2) is 10.6 Å². The summed E-state index contributed by atoms with van der Waals surface area (Å²) in [6.45, 7) is 3.78. The van der Waals surface area contributed by atoms with Crippen LogP contribution in [0.2, 0.25) is 0 Å². The molecule has 2 aliphatic heterocycles. The molecule has 0 bridgehead atoms. The number of amides is 1. The van der Waals surface area contributed by atoms with Gasteiger partial charge in [0.05, 0.1) is 24.9 Å². The Morgan fingerprint density at radius 1 is 1.41 bits per heavy atom. The zero-order chi connectivity index (χ0) is 15.9. The normalized spacial score (nSPS) is 31.0. The Hall–Kier alpha value is -1.89. The number of ether oxygens (including phenoxy) is 2. The largest absolute Gasteiger partial charge is 0.467 e. The van der Waals surface area contributed by atoms with Crippen molar-refractivity contribution >= 4 is 11.9 Å². The molecule has 0 aliphatic carbocycles. The van der Waals surface area contributed by atoms with Crippen LogP contribution < -0.4 is 0 Å². The molecule has 0 saturated carbocycles. The number of rotatable bonds is 2. The van der Waals surface area contributed by atoms with Gasteiger partial charge < -0.3 is 18.9 Å². The van der Waals surface area contributed by atoms with Crippen molar-refractivity contribution < 1.29 is 23.6 Å². The van der Waals surface area contributed by atoms with Gasteiger partial charge in [-0.1, -0.05) is 5.16 Å². The van der Waals surface area contributed by atoms with Crippen LogP contribution in [0.1, 0.15) is 42.4 Å². The van der Waals surface area contributed by atoms with Crippen LogP contribution in [0, 0.1) is 6.92 Å². The number of methoxy groups -OCH3 is 1. The second-order valence-corrected chi connectivity index (χ2v) is 5.96. The van der Waals surface area contributed by atoms with Gasteiger partial charge in [0.1, 0.15) is 0 Å². The summed E-state index contributed by atoms with van der Waals surface area (Å²) in [6, 6.07) is 1.57. The van der Waals surface area contributed by atoms with Crippen LogP contribution in [-0.4, -0.2) is 53.3 Å². The molecule has 2 aliphatic rings. The highest BCUT2D eigenvalue weighted by atomic mass is 16.6. The molecule has 1 aromatic rings. The maximum absolute atomic E-state index is 12.7. The summed E-state index contributed by atoms with van der Waals surface area (Å²) in [5.74, 6) is -0.353. The minimum Gasteiger partial charge on any atom is -0.467 e. The van der Waals surface area contributed by atoms with Gasteiger partial charge in [0.25, 0.3) is 5.91 Å². The summed E-state index contributed by atoms with van der Waals surface area (Å²) in [4.78, 5) is 26.2. The third kappa shape index (κ3) is 2.49. The van der Waals surface area contributed by atoms with Crippen molar-refractivity contribution in [1.29, 1.82) is 0 Å². The lowest BCUT2D eigenvalue weighted by Gasteiger charge is -2.40. The number of aromatic nitrogens is 1. The number of piperidine rings is 1. The fraction of sp³-hybridized carbons (Fsp3) is 0.667. The molecular weight excluding hydrogens is 288 g/mol. The molecule has 3 rings (SSSR count). The van der Waals surface area contributed by atoms with E-state index in [0.29, 0.717) is 12.1 Å². The number of carbonyl (C=O) groups excluding carboxylic acids is 2. The summed E-state index contributed by atoms with van der Waals surface area (Å²) >= 11 is 0. The van der Waals surface area contributed by atoms with Crippen LogP contribution in [0.3, 0.4) is 0 Å². The second-order valence-electron chi connectivity index (χ2n) is 5.96. The fourth-order valence-corrected chi connectivity index (χ4v) is 3.38. The van der Waals surface area contributed by atoms with E-state index in [-0.39, 0.29) is 35.8 Å².